The normalized spacial score (nSPS) is 11.4. The van der Waals surface area contributed by atoms with E-state index in [1.165, 1.54) is 24.3 Å². The lowest BCUT2D eigenvalue weighted by Gasteiger charge is -2.13. The number of hydrogen-bond donors (Lipinski definition) is 1. The Labute approximate surface area is 202 Å². The van der Waals surface area contributed by atoms with Crippen molar-refractivity contribution >= 4 is 38.2 Å². The molecule has 4 aromatic rings. The Kier molecular flexibility index (Phi) is 6.63. The lowest BCUT2D eigenvalue weighted by atomic mass is 10.0. The Hall–Kier alpha value is -3.36. The van der Waals surface area contributed by atoms with Crippen molar-refractivity contribution in [3.05, 3.63) is 88.3 Å². The fourth-order valence-corrected chi connectivity index (χ4v) is 4.94. The molecule has 0 saturated heterocycles. The van der Waals surface area contributed by atoms with Gasteiger partial charge in [-0.3, -0.25) is 9.71 Å². The van der Waals surface area contributed by atoms with Gasteiger partial charge in [-0.15, -0.1) is 0 Å². The minimum Gasteiger partial charge on any atom is -0.493 e. The third kappa shape index (κ3) is 4.78. The van der Waals surface area contributed by atoms with Gasteiger partial charge in [-0.1, -0.05) is 23.7 Å². The molecule has 1 aromatic heterocycles. The van der Waals surface area contributed by atoms with Crippen LogP contribution in [0.4, 0.5) is 10.1 Å². The van der Waals surface area contributed by atoms with Crippen LogP contribution in [0.5, 0.6) is 11.5 Å². The zero-order valence-electron chi connectivity index (χ0n) is 18.7. The molecule has 0 aliphatic carbocycles. The maximum Gasteiger partial charge on any atom is 0.262 e. The third-order valence-corrected chi connectivity index (χ3v) is 7.23. The molecule has 9 heteroatoms. The molecule has 176 valence electrons. The first-order valence-electron chi connectivity index (χ1n) is 10.3. The summed E-state index contributed by atoms with van der Waals surface area (Å²) in [5, 5.41) is 1.17. The average molecular weight is 501 g/mol. The van der Waals surface area contributed by atoms with Gasteiger partial charge in [-0.25, -0.2) is 12.8 Å². The number of sulfonamides is 1. The number of aromatic nitrogens is 1. The fourth-order valence-electron chi connectivity index (χ4n) is 3.60. The lowest BCUT2D eigenvalue weighted by Crippen LogP contribution is -2.14. The van der Waals surface area contributed by atoms with Gasteiger partial charge in [0.15, 0.2) is 11.5 Å². The Morgan fingerprint density at radius 1 is 1.00 bits per heavy atom. The smallest absolute Gasteiger partial charge is 0.262 e. The summed E-state index contributed by atoms with van der Waals surface area (Å²) in [5.74, 6) is 0.450. The van der Waals surface area contributed by atoms with E-state index < -0.39 is 15.8 Å². The number of rotatable bonds is 7. The summed E-state index contributed by atoms with van der Waals surface area (Å²) >= 11 is 6.04. The van der Waals surface area contributed by atoms with Crippen LogP contribution in [0.3, 0.4) is 0 Å². The second-order valence-electron chi connectivity index (χ2n) is 7.70. The largest absolute Gasteiger partial charge is 0.493 e. The van der Waals surface area contributed by atoms with Gasteiger partial charge in [0, 0.05) is 22.7 Å². The van der Waals surface area contributed by atoms with Gasteiger partial charge in [0.1, 0.15) is 5.82 Å². The predicted octanol–water partition coefficient (Wildman–Crippen LogP) is 5.74. The van der Waals surface area contributed by atoms with Crippen molar-refractivity contribution in [3.8, 4) is 11.5 Å². The Morgan fingerprint density at radius 2 is 1.74 bits per heavy atom. The van der Waals surface area contributed by atoms with Crippen molar-refractivity contribution < 1.29 is 22.3 Å². The molecule has 0 radical (unpaired) electrons. The molecule has 0 unspecified atom stereocenters. The molecule has 1 N–H and O–H groups in total. The number of methoxy groups -OCH3 is 2. The second-order valence-corrected chi connectivity index (χ2v) is 9.79. The molecule has 0 atom stereocenters. The van der Waals surface area contributed by atoms with Crippen molar-refractivity contribution in [2.24, 2.45) is 0 Å². The van der Waals surface area contributed by atoms with Crippen LogP contribution >= 0.6 is 11.6 Å². The molecule has 34 heavy (non-hydrogen) atoms. The van der Waals surface area contributed by atoms with Gasteiger partial charge >= 0.3 is 0 Å². The van der Waals surface area contributed by atoms with E-state index in [9.17, 15) is 12.8 Å². The van der Waals surface area contributed by atoms with E-state index in [1.54, 1.807) is 45.5 Å². The average Bonchev–Trinajstić information content (AvgIpc) is 2.81. The monoisotopic (exact) mass is 500 g/mol. The van der Waals surface area contributed by atoms with Crippen LogP contribution in [0.25, 0.3) is 10.9 Å². The number of halogens is 2. The molecule has 6 nitrogen and oxygen atoms in total. The number of hydrogen-bond acceptors (Lipinski definition) is 5. The molecule has 4 rings (SSSR count). The van der Waals surface area contributed by atoms with Crippen molar-refractivity contribution in [3.63, 3.8) is 0 Å². The van der Waals surface area contributed by atoms with Crippen LogP contribution in [-0.4, -0.2) is 27.6 Å². The Morgan fingerprint density at radius 3 is 2.41 bits per heavy atom. The number of ether oxygens (including phenoxy) is 2. The maximum atomic E-state index is 14.9. The highest BCUT2D eigenvalue weighted by Gasteiger charge is 2.18. The van der Waals surface area contributed by atoms with Gasteiger partial charge < -0.3 is 9.47 Å². The number of nitrogens with zero attached hydrogens (tertiary/aromatic N) is 1. The Balaban J connectivity index is 1.62. The van der Waals surface area contributed by atoms with Gasteiger partial charge in [0.05, 0.1) is 30.3 Å². The highest BCUT2D eigenvalue weighted by Crippen LogP contribution is 2.33. The van der Waals surface area contributed by atoms with Crippen molar-refractivity contribution in [2.75, 3.05) is 18.9 Å². The van der Waals surface area contributed by atoms with E-state index >= 15 is 0 Å². The molecular weight excluding hydrogens is 479 g/mol. The van der Waals surface area contributed by atoms with Crippen molar-refractivity contribution in [1.82, 2.24) is 4.98 Å². The standard InChI is InChI=1S/C25H22ClFN2O4S/c1-15-4-6-18(12-20(15)26)34(30,31)29-22-7-5-16(11-21(22)27)10-17-8-9-28-23-14-25(33-3)24(32-2)13-19(17)23/h4-9,11-14,29H,10H2,1-3H3. The Bertz CT molecular complexity index is 1490. The van der Waals surface area contributed by atoms with E-state index in [0.717, 1.165) is 22.0 Å². The molecule has 0 bridgehead atoms. The summed E-state index contributed by atoms with van der Waals surface area (Å²) in [6, 6.07) is 14.2. The SMILES string of the molecule is COc1cc2nccc(Cc3ccc(NS(=O)(=O)c4ccc(C)c(Cl)c4)c(F)c3)c2cc1OC. The highest BCUT2D eigenvalue weighted by atomic mass is 35.5. The summed E-state index contributed by atoms with van der Waals surface area (Å²) in [6.07, 6.45) is 2.08. The first-order valence-corrected chi connectivity index (χ1v) is 12.1. The van der Waals surface area contributed by atoms with E-state index in [0.29, 0.717) is 28.5 Å². The first kappa shape index (κ1) is 23.8. The summed E-state index contributed by atoms with van der Waals surface area (Å²) in [7, 11) is -0.888. The van der Waals surface area contributed by atoms with Crippen LogP contribution in [0.15, 0.2) is 65.7 Å². The number of anilines is 1. The summed E-state index contributed by atoms with van der Waals surface area (Å²) in [5.41, 5.74) is 2.90. The number of pyridine rings is 1. The zero-order chi connectivity index (χ0) is 24.5. The van der Waals surface area contributed by atoms with Gasteiger partial charge in [0.2, 0.25) is 0 Å². The van der Waals surface area contributed by atoms with Crippen molar-refractivity contribution in [1.29, 1.82) is 0 Å². The molecule has 1 heterocycles. The molecule has 0 aliphatic rings. The van der Waals surface area contributed by atoms with Crippen LogP contribution < -0.4 is 14.2 Å². The zero-order valence-corrected chi connectivity index (χ0v) is 20.3. The topological polar surface area (TPSA) is 77.5 Å². The van der Waals surface area contributed by atoms with E-state index in [1.807, 2.05) is 12.1 Å². The maximum absolute atomic E-state index is 14.9. The molecule has 0 amide bonds. The second kappa shape index (κ2) is 9.48. The molecule has 0 spiro atoms. The summed E-state index contributed by atoms with van der Waals surface area (Å²) < 4.78 is 53.3. The van der Waals surface area contributed by atoms with Gasteiger partial charge in [0.25, 0.3) is 10.0 Å². The van der Waals surface area contributed by atoms with E-state index in [2.05, 4.69) is 9.71 Å². The van der Waals surface area contributed by atoms with E-state index in [-0.39, 0.29) is 10.6 Å². The lowest BCUT2D eigenvalue weighted by molar-refractivity contribution is 0.356. The molecule has 3 aromatic carbocycles. The number of fused-ring (bicyclic) bond motifs is 1. The van der Waals surface area contributed by atoms with Gasteiger partial charge in [-0.05, 0) is 66.4 Å². The number of aryl methyl sites for hydroxylation is 1. The summed E-state index contributed by atoms with van der Waals surface area (Å²) in [4.78, 5) is 4.34. The third-order valence-electron chi connectivity index (χ3n) is 5.46. The van der Waals surface area contributed by atoms with E-state index in [4.69, 9.17) is 21.1 Å². The van der Waals surface area contributed by atoms with Crippen LogP contribution in [0.1, 0.15) is 16.7 Å². The molecule has 0 saturated carbocycles. The van der Waals surface area contributed by atoms with Crippen LogP contribution in [0.2, 0.25) is 5.02 Å². The predicted molar refractivity (Wildman–Crippen MR) is 131 cm³/mol. The minimum absolute atomic E-state index is 0.0424. The summed E-state index contributed by atoms with van der Waals surface area (Å²) in [6.45, 7) is 1.77. The van der Waals surface area contributed by atoms with Crippen LogP contribution in [-0.2, 0) is 16.4 Å². The highest BCUT2D eigenvalue weighted by molar-refractivity contribution is 7.92. The quantitative estimate of drug-likeness (QED) is 0.350. The molecular formula is C25H22ClFN2O4S. The van der Waals surface area contributed by atoms with Crippen LogP contribution in [0, 0.1) is 12.7 Å². The molecule has 0 aliphatic heterocycles. The minimum atomic E-state index is -4.00. The number of nitrogens with one attached hydrogen (secondary N) is 1. The number of benzene rings is 3. The first-order chi connectivity index (χ1) is 16.2. The molecule has 0 fully saturated rings. The van der Waals surface area contributed by atoms with Crippen molar-refractivity contribution in [2.45, 2.75) is 18.2 Å². The van der Waals surface area contributed by atoms with Gasteiger partial charge in [-0.2, -0.15) is 0 Å². The fraction of sp³-hybridized carbons (Fsp3) is 0.160.